The van der Waals surface area contributed by atoms with E-state index in [1.807, 2.05) is 32.0 Å². The Morgan fingerprint density at radius 3 is 2.39 bits per heavy atom. The number of anilines is 1. The lowest BCUT2D eigenvalue weighted by molar-refractivity contribution is 0.102. The zero-order valence-electron chi connectivity index (χ0n) is 15.9. The van der Waals surface area contributed by atoms with Crippen molar-refractivity contribution < 1.29 is 13.2 Å². The summed E-state index contributed by atoms with van der Waals surface area (Å²) in [5.41, 5.74) is 1.98. The zero-order valence-corrected chi connectivity index (χ0v) is 17.5. The Kier molecular flexibility index (Phi) is 5.98. The van der Waals surface area contributed by atoms with Crippen LogP contribution in [0.15, 0.2) is 70.9 Å². The van der Waals surface area contributed by atoms with Gasteiger partial charge in [0.1, 0.15) is 4.21 Å². The number of nitrogens with one attached hydrogen (secondary N) is 1. The van der Waals surface area contributed by atoms with Crippen LogP contribution in [0.1, 0.15) is 33.8 Å². The molecule has 0 radical (unpaired) electrons. The second-order valence-corrected chi connectivity index (χ2v) is 10.0. The van der Waals surface area contributed by atoms with E-state index in [1.165, 1.54) is 15.6 Å². The van der Waals surface area contributed by atoms with Crippen molar-refractivity contribution in [2.75, 3.05) is 12.4 Å². The maximum atomic E-state index is 12.9. The summed E-state index contributed by atoms with van der Waals surface area (Å²) < 4.78 is 27.4. The fourth-order valence-corrected chi connectivity index (χ4v) is 5.60. The van der Waals surface area contributed by atoms with Crippen LogP contribution in [0.25, 0.3) is 0 Å². The number of carbonyl (C=O) groups is 1. The van der Waals surface area contributed by atoms with Gasteiger partial charge in [-0.2, -0.15) is 4.31 Å². The van der Waals surface area contributed by atoms with Crippen LogP contribution in [-0.4, -0.2) is 25.7 Å². The summed E-state index contributed by atoms with van der Waals surface area (Å²) >= 11 is 1.26. The van der Waals surface area contributed by atoms with E-state index in [9.17, 15) is 13.2 Å². The number of benzene rings is 2. The predicted octanol–water partition coefficient (Wildman–Crippen LogP) is 4.69. The van der Waals surface area contributed by atoms with Crippen molar-refractivity contribution in [1.29, 1.82) is 0 Å². The predicted molar refractivity (Wildman–Crippen MR) is 113 cm³/mol. The molecule has 1 heterocycles. The van der Waals surface area contributed by atoms with Crippen LogP contribution in [-0.2, 0) is 10.0 Å². The van der Waals surface area contributed by atoms with Crippen LogP contribution in [0.2, 0.25) is 0 Å². The van der Waals surface area contributed by atoms with Crippen LogP contribution >= 0.6 is 11.3 Å². The first-order valence-corrected chi connectivity index (χ1v) is 11.1. The lowest BCUT2D eigenvalue weighted by atomic mass is 10.1. The van der Waals surface area contributed by atoms with E-state index in [1.54, 1.807) is 55.6 Å². The van der Waals surface area contributed by atoms with E-state index >= 15 is 0 Å². The standard InChI is InChI=1S/C21H22N2O3S2/c1-15-12-13-20(27-15)28(25,26)23(3)16(2)18-10-7-11-19(14-18)22-21(24)17-8-5-4-6-9-17/h4-14,16H,1-3H3,(H,22,24)/t16-/m1/s1. The summed E-state index contributed by atoms with van der Waals surface area (Å²) in [7, 11) is -2.01. The quantitative estimate of drug-likeness (QED) is 0.636. The molecule has 3 rings (SSSR count). The fraction of sp³-hybridized carbons (Fsp3) is 0.190. The number of hydrogen-bond acceptors (Lipinski definition) is 4. The lowest BCUT2D eigenvalue weighted by Crippen LogP contribution is -2.29. The topological polar surface area (TPSA) is 66.5 Å². The molecule has 0 spiro atoms. The number of rotatable bonds is 6. The normalized spacial score (nSPS) is 12.7. The van der Waals surface area contributed by atoms with Gasteiger partial charge in [0.25, 0.3) is 15.9 Å². The van der Waals surface area contributed by atoms with Gasteiger partial charge in [-0.25, -0.2) is 8.42 Å². The molecule has 0 aliphatic heterocycles. The van der Waals surface area contributed by atoms with Gasteiger partial charge in [-0.15, -0.1) is 11.3 Å². The van der Waals surface area contributed by atoms with Crippen molar-refractivity contribution >= 4 is 33.0 Å². The molecule has 0 fully saturated rings. The fourth-order valence-electron chi connectivity index (χ4n) is 2.78. The zero-order chi connectivity index (χ0) is 20.3. The third kappa shape index (κ3) is 4.32. The summed E-state index contributed by atoms with van der Waals surface area (Å²) in [5, 5.41) is 2.86. The van der Waals surface area contributed by atoms with E-state index in [-0.39, 0.29) is 11.9 Å². The van der Waals surface area contributed by atoms with Crippen molar-refractivity contribution in [3.8, 4) is 0 Å². The van der Waals surface area contributed by atoms with Gasteiger partial charge in [0.2, 0.25) is 0 Å². The summed E-state index contributed by atoms with van der Waals surface area (Å²) in [6.07, 6.45) is 0. The molecule has 1 amide bonds. The molecular weight excluding hydrogens is 392 g/mol. The highest BCUT2D eigenvalue weighted by atomic mass is 32.2. The molecule has 1 N–H and O–H groups in total. The molecule has 7 heteroatoms. The Labute approximate surface area is 169 Å². The van der Waals surface area contributed by atoms with E-state index < -0.39 is 10.0 Å². The SMILES string of the molecule is Cc1ccc(S(=O)(=O)N(C)[C@H](C)c2cccc(NC(=O)c3ccccc3)c2)s1. The smallest absolute Gasteiger partial charge is 0.255 e. The van der Waals surface area contributed by atoms with Gasteiger partial charge in [-0.05, 0) is 55.8 Å². The molecular formula is C21H22N2O3S2. The number of nitrogens with zero attached hydrogens (tertiary/aromatic N) is 1. The van der Waals surface area contributed by atoms with E-state index in [0.29, 0.717) is 15.5 Å². The minimum atomic E-state index is -3.58. The van der Waals surface area contributed by atoms with Crippen LogP contribution in [0.4, 0.5) is 5.69 Å². The number of sulfonamides is 1. The molecule has 1 aromatic heterocycles. The molecule has 0 unspecified atom stereocenters. The van der Waals surface area contributed by atoms with E-state index in [0.717, 1.165) is 10.4 Å². The van der Waals surface area contributed by atoms with Crippen molar-refractivity contribution in [2.24, 2.45) is 0 Å². The van der Waals surface area contributed by atoms with Gasteiger partial charge in [0.15, 0.2) is 0 Å². The Bertz CT molecular complexity index is 1080. The second kappa shape index (κ2) is 8.26. The highest BCUT2D eigenvalue weighted by Gasteiger charge is 2.27. The molecule has 0 aliphatic rings. The van der Waals surface area contributed by atoms with Crippen LogP contribution in [0.3, 0.4) is 0 Å². The molecule has 0 bridgehead atoms. The van der Waals surface area contributed by atoms with Gasteiger partial charge in [-0.1, -0.05) is 30.3 Å². The van der Waals surface area contributed by atoms with E-state index in [2.05, 4.69) is 5.32 Å². The minimum absolute atomic E-state index is 0.208. The van der Waals surface area contributed by atoms with Crippen molar-refractivity contribution in [1.82, 2.24) is 4.31 Å². The van der Waals surface area contributed by atoms with E-state index in [4.69, 9.17) is 0 Å². The van der Waals surface area contributed by atoms with Gasteiger partial charge in [0, 0.05) is 29.2 Å². The largest absolute Gasteiger partial charge is 0.322 e. The number of carbonyl (C=O) groups excluding carboxylic acids is 1. The summed E-state index contributed by atoms with van der Waals surface area (Å²) in [6.45, 7) is 3.71. The van der Waals surface area contributed by atoms with Crippen molar-refractivity contribution in [3.05, 3.63) is 82.7 Å². The first-order chi connectivity index (χ1) is 13.3. The van der Waals surface area contributed by atoms with Crippen molar-refractivity contribution in [3.63, 3.8) is 0 Å². The summed E-state index contributed by atoms with van der Waals surface area (Å²) in [4.78, 5) is 13.3. The third-order valence-electron chi connectivity index (χ3n) is 4.56. The summed E-state index contributed by atoms with van der Waals surface area (Å²) in [5.74, 6) is -0.208. The maximum Gasteiger partial charge on any atom is 0.255 e. The Morgan fingerprint density at radius 2 is 1.75 bits per heavy atom. The first-order valence-electron chi connectivity index (χ1n) is 8.80. The highest BCUT2D eigenvalue weighted by Crippen LogP contribution is 2.30. The van der Waals surface area contributed by atoms with Gasteiger partial charge >= 0.3 is 0 Å². The molecule has 1 atom stereocenters. The minimum Gasteiger partial charge on any atom is -0.322 e. The van der Waals surface area contributed by atoms with Gasteiger partial charge < -0.3 is 5.32 Å². The molecule has 146 valence electrons. The third-order valence-corrected chi connectivity index (χ3v) is 7.95. The molecule has 0 aliphatic carbocycles. The molecule has 2 aromatic carbocycles. The molecule has 0 saturated heterocycles. The van der Waals surface area contributed by atoms with Crippen LogP contribution in [0, 0.1) is 6.92 Å². The Balaban J connectivity index is 1.80. The average Bonchev–Trinajstić information content (AvgIpc) is 3.15. The Hall–Kier alpha value is -2.48. The molecule has 5 nitrogen and oxygen atoms in total. The highest BCUT2D eigenvalue weighted by molar-refractivity contribution is 7.91. The molecule has 3 aromatic rings. The molecule has 28 heavy (non-hydrogen) atoms. The average molecular weight is 415 g/mol. The van der Waals surface area contributed by atoms with Crippen LogP contribution in [0.5, 0.6) is 0 Å². The molecule has 0 saturated carbocycles. The first kappa shape index (κ1) is 20.3. The number of thiophene rings is 1. The number of hydrogen-bond donors (Lipinski definition) is 1. The lowest BCUT2D eigenvalue weighted by Gasteiger charge is -2.24. The monoisotopic (exact) mass is 414 g/mol. The van der Waals surface area contributed by atoms with Gasteiger partial charge in [0.05, 0.1) is 0 Å². The van der Waals surface area contributed by atoms with Gasteiger partial charge in [-0.3, -0.25) is 4.79 Å². The van der Waals surface area contributed by atoms with Crippen molar-refractivity contribution in [2.45, 2.75) is 24.1 Å². The summed E-state index contributed by atoms with van der Waals surface area (Å²) in [6, 6.07) is 19.2. The number of amides is 1. The maximum absolute atomic E-state index is 12.9. The number of aryl methyl sites for hydroxylation is 1. The van der Waals surface area contributed by atoms with Crippen LogP contribution < -0.4 is 5.32 Å². The second-order valence-electron chi connectivity index (χ2n) is 6.51. The Morgan fingerprint density at radius 1 is 1.04 bits per heavy atom.